The van der Waals surface area contributed by atoms with E-state index in [4.69, 9.17) is 34.2 Å². The molecule has 0 unspecified atom stereocenters. The van der Waals surface area contributed by atoms with Crippen LogP contribution in [-0.2, 0) is 81.2 Å². The second kappa shape index (κ2) is 45.4. The summed E-state index contributed by atoms with van der Waals surface area (Å²) in [5.74, 6) is -11.0. The van der Waals surface area contributed by atoms with Gasteiger partial charge in [-0.15, -0.1) is 0 Å². The number of nitrogens with one attached hydrogen (secondary N) is 13. The fraction of sp³-hybridized carbons (Fsp3) is 0.782. The first-order valence-corrected chi connectivity index (χ1v) is 39.0. The van der Waals surface area contributed by atoms with Crippen LogP contribution < -0.4 is 74.9 Å². The molecule has 36 heteroatoms. The first-order valence-electron chi connectivity index (χ1n) is 39.0. The molecule has 1 fully saturated rings. The third kappa shape index (κ3) is 43.5. The number of allylic oxidation sites excluding steroid dienone is 2. The predicted molar refractivity (Wildman–Crippen MR) is 424 cm³/mol. The SMILES string of the molecule is CC(NCC[C@H](NC(=O)[C@H](CCNC(=O)OC(C)(C)C)NC(=O)[C@@H](N)[C@@H](C)OC(C)(C)C)C(=O)N[C@@H](CCNC(=O)OC(C)(C)C)C(=O)N[C@H](CC(C)C)C(=O)N[C@@H](CC(C)C)C(=O)N[C@@H](CCNC(=O)OC(C)(C)C)C(=O)N[C@@H](CCNC(=O)OC(C)(C)C)C(=O)N[C@H](C(=O)O)[C@@H](C)OC(C)(C)C)=C1C(=O)CC(C)(C)CC1=O. The van der Waals surface area contributed by atoms with E-state index in [1.807, 2.05) is 0 Å². The van der Waals surface area contributed by atoms with Gasteiger partial charge in [-0.25, -0.2) is 24.0 Å². The van der Waals surface area contributed by atoms with Crippen molar-refractivity contribution in [2.24, 2.45) is 23.0 Å². The Balaban J connectivity index is 4.20. The first kappa shape index (κ1) is 103. The van der Waals surface area contributed by atoms with E-state index in [9.17, 15) is 62.6 Å². The molecule has 0 aromatic rings. The van der Waals surface area contributed by atoms with Gasteiger partial charge in [-0.1, -0.05) is 41.5 Å². The summed E-state index contributed by atoms with van der Waals surface area (Å²) in [6.07, 6.45) is -7.55. The van der Waals surface area contributed by atoms with Crippen molar-refractivity contribution >= 4 is 89.2 Å². The average molecular weight is 1620 g/mol. The number of Topliss-reactive ketones (excluding diaryl/α,β-unsaturated/α-hetero) is 2. The molecule has 0 heterocycles. The van der Waals surface area contributed by atoms with E-state index in [0.717, 1.165) is 0 Å². The summed E-state index contributed by atoms with van der Waals surface area (Å²) in [7, 11) is 0. The standard InChI is InChI=1S/C78H138N14O22/c1-42(2)38-52(64(100)88-48(29-34-81-68(105)111-74(14,15)16)60(96)87-51(32-37-84-71(108)114-77(23,24)25)63(99)92-58(67(103)104)46(7)110-73(11,12)13)91-65(101)53(39-43(3)4)90-62(98)49(30-35-82-69(106)112-75(17,18)19)86-59(95)47(28-33-80-44(5)56-54(93)40-78(26,27)41-55(56)94)85-61(97)50(31-36-83-70(107)113-76(20,21)22)89-66(102)57(79)45(6)109-72(8,9)10/h42-43,45-53,57-58,80H,28-41,79H2,1-27H3,(H,81,105)(H,82,106)(H,83,107)(H,84,108)(H,85,97)(H,86,95)(H,87,96)(H,88,100)(H,89,102)(H,90,98)(H,91,101)(H,92,99)(H,103,104)/t45-,46-,47+,48+,49+,50+,51+,52+,53-,57+,58+/m1/s1. The predicted octanol–water partition coefficient (Wildman–Crippen LogP) is 4.65. The third-order valence-electron chi connectivity index (χ3n) is 16.2. The van der Waals surface area contributed by atoms with E-state index in [1.165, 1.54) is 13.8 Å². The maximum atomic E-state index is 15.2. The van der Waals surface area contributed by atoms with E-state index in [1.54, 1.807) is 173 Å². The number of rotatable bonds is 41. The highest BCUT2D eigenvalue weighted by molar-refractivity contribution is 6.22. The van der Waals surface area contributed by atoms with E-state index in [0.29, 0.717) is 0 Å². The zero-order valence-electron chi connectivity index (χ0n) is 72.5. The molecule has 1 rings (SSSR count). The van der Waals surface area contributed by atoms with Gasteiger partial charge in [-0.05, 0) is 208 Å². The molecule has 16 N–H and O–H groups in total. The van der Waals surface area contributed by atoms with Gasteiger partial charge in [0, 0.05) is 51.3 Å². The number of ether oxygens (including phenoxy) is 6. The molecule has 11 atom stereocenters. The summed E-state index contributed by atoms with van der Waals surface area (Å²) in [5, 5.41) is 44.4. The number of amides is 12. The van der Waals surface area contributed by atoms with Crippen molar-refractivity contribution in [2.75, 3.05) is 32.7 Å². The molecule has 36 nitrogen and oxygen atoms in total. The highest BCUT2D eigenvalue weighted by Crippen LogP contribution is 2.34. The Morgan fingerprint density at radius 3 is 0.860 bits per heavy atom. The zero-order chi connectivity index (χ0) is 88.2. The minimum atomic E-state index is -1.69. The number of aliphatic carboxylic acids is 1. The van der Waals surface area contributed by atoms with E-state index >= 15 is 14.4 Å². The summed E-state index contributed by atoms with van der Waals surface area (Å²) in [6, 6.07) is -14.3. The first-order chi connectivity index (χ1) is 51.9. The van der Waals surface area contributed by atoms with Gasteiger partial charge in [0.15, 0.2) is 17.6 Å². The molecule has 114 heavy (non-hydrogen) atoms. The largest absolute Gasteiger partial charge is 0.480 e. The van der Waals surface area contributed by atoms with Gasteiger partial charge in [0.05, 0.1) is 29.0 Å². The van der Waals surface area contributed by atoms with Crippen LogP contribution in [0.3, 0.4) is 0 Å². The maximum Gasteiger partial charge on any atom is 0.407 e. The van der Waals surface area contributed by atoms with Crippen LogP contribution in [-0.4, -0.2) is 227 Å². The van der Waals surface area contributed by atoms with Crippen molar-refractivity contribution in [3.63, 3.8) is 0 Å². The van der Waals surface area contributed by atoms with E-state index < -0.39 is 208 Å². The number of carbonyl (C=O) groups excluding carboxylic acids is 14. The summed E-state index contributed by atoms with van der Waals surface area (Å²) < 4.78 is 33.4. The Morgan fingerprint density at radius 2 is 0.605 bits per heavy atom. The van der Waals surface area contributed by atoms with Crippen molar-refractivity contribution in [1.82, 2.24) is 69.1 Å². The Hall–Kier alpha value is -8.93. The number of alkyl carbamates (subject to hydrolysis) is 4. The highest BCUT2D eigenvalue weighted by atomic mass is 16.6. The number of carboxylic acids is 1. The lowest BCUT2D eigenvalue weighted by atomic mass is 9.73. The second-order valence-corrected chi connectivity index (χ2v) is 36.4. The quantitative estimate of drug-likeness (QED) is 0.0225. The topological polar surface area (TPSA) is 514 Å². The van der Waals surface area contributed by atoms with Gasteiger partial charge in [-0.2, -0.15) is 0 Å². The molecule has 12 amide bonds. The van der Waals surface area contributed by atoms with Crippen molar-refractivity contribution in [3.05, 3.63) is 11.3 Å². The van der Waals surface area contributed by atoms with Crippen LogP contribution in [0.4, 0.5) is 19.2 Å². The van der Waals surface area contributed by atoms with Crippen LogP contribution in [0.25, 0.3) is 0 Å². The molecule has 1 aliphatic carbocycles. The van der Waals surface area contributed by atoms with Crippen LogP contribution in [0, 0.1) is 17.3 Å². The molecular weight excluding hydrogens is 1480 g/mol. The normalized spacial score (nSPS) is 16.3. The third-order valence-corrected chi connectivity index (χ3v) is 16.2. The Kier molecular flexibility index (Phi) is 41.0. The number of carboxylic acid groups (broad SMARTS) is 1. The summed E-state index contributed by atoms with van der Waals surface area (Å²) in [5.41, 5.74) is 0.433. The minimum Gasteiger partial charge on any atom is -0.480 e. The molecule has 0 aliphatic heterocycles. The van der Waals surface area contributed by atoms with E-state index in [-0.39, 0.29) is 101 Å². The lowest BCUT2D eigenvalue weighted by molar-refractivity contribution is -0.150. The van der Waals surface area contributed by atoms with Gasteiger partial charge in [0.1, 0.15) is 70.7 Å². The molecule has 652 valence electrons. The van der Waals surface area contributed by atoms with Gasteiger partial charge < -0.3 is 108 Å². The van der Waals surface area contributed by atoms with Crippen LogP contribution in [0.5, 0.6) is 0 Å². The fourth-order valence-electron chi connectivity index (χ4n) is 11.5. The number of hydrogen-bond donors (Lipinski definition) is 15. The van der Waals surface area contributed by atoms with Gasteiger partial charge in [0.2, 0.25) is 47.3 Å². The molecule has 0 aromatic heterocycles. The van der Waals surface area contributed by atoms with Gasteiger partial charge >= 0.3 is 30.3 Å². The van der Waals surface area contributed by atoms with Crippen LogP contribution in [0.1, 0.15) is 245 Å². The highest BCUT2D eigenvalue weighted by Gasteiger charge is 2.41. The molecular formula is C78H138N14O22. The smallest absolute Gasteiger partial charge is 0.407 e. The number of carbonyl (C=O) groups is 15. The van der Waals surface area contributed by atoms with Crippen molar-refractivity contribution in [1.29, 1.82) is 0 Å². The Morgan fingerprint density at radius 1 is 0.368 bits per heavy atom. The lowest BCUT2D eigenvalue weighted by Crippen LogP contribution is -2.61. The van der Waals surface area contributed by atoms with Crippen LogP contribution >= 0.6 is 0 Å². The van der Waals surface area contributed by atoms with Gasteiger partial charge in [-0.3, -0.25) is 47.9 Å². The maximum absolute atomic E-state index is 15.2. The Bertz CT molecular complexity index is 3310. The molecule has 0 saturated heterocycles. The van der Waals surface area contributed by atoms with Crippen molar-refractivity contribution in [2.45, 2.75) is 345 Å². The van der Waals surface area contributed by atoms with Crippen LogP contribution in [0.15, 0.2) is 11.3 Å². The van der Waals surface area contributed by atoms with Crippen molar-refractivity contribution < 1.29 is 105 Å². The Labute approximate surface area is 673 Å². The number of hydrogen-bond acceptors (Lipinski definition) is 23. The summed E-state index contributed by atoms with van der Waals surface area (Å²) in [4.78, 5) is 209. The second-order valence-electron chi connectivity index (χ2n) is 36.4. The fourth-order valence-corrected chi connectivity index (χ4v) is 11.5. The molecule has 1 saturated carbocycles. The van der Waals surface area contributed by atoms with E-state index in [2.05, 4.69) is 69.1 Å². The monoisotopic (exact) mass is 1620 g/mol. The lowest BCUT2D eigenvalue weighted by Gasteiger charge is -2.31. The molecule has 1 aliphatic rings. The molecule has 0 spiro atoms. The van der Waals surface area contributed by atoms with Crippen molar-refractivity contribution in [3.8, 4) is 0 Å². The average Bonchev–Trinajstić information content (AvgIpc) is 0.808. The summed E-state index contributed by atoms with van der Waals surface area (Å²) >= 11 is 0. The summed E-state index contributed by atoms with van der Waals surface area (Å²) in [6.45, 7) is 43.1. The molecule has 0 radical (unpaired) electrons. The van der Waals surface area contributed by atoms with Gasteiger partial charge in [0.25, 0.3) is 0 Å². The number of ketones is 2. The minimum absolute atomic E-state index is 0.0642. The number of nitrogens with two attached hydrogens (primary N) is 1. The zero-order valence-corrected chi connectivity index (χ0v) is 72.5. The molecule has 0 aromatic carbocycles. The van der Waals surface area contributed by atoms with Crippen LogP contribution in [0.2, 0.25) is 0 Å². The molecule has 0 bridgehead atoms.